The quantitative estimate of drug-likeness (QED) is 0.0320. The monoisotopic (exact) mass is 1300 g/mol. The first-order valence-electron chi connectivity index (χ1n) is 42.4. The summed E-state index contributed by atoms with van der Waals surface area (Å²) in [5, 5.41) is 23.5. The molecule has 2 atom stereocenters. The summed E-state index contributed by atoms with van der Waals surface area (Å²) in [5.74, 6) is -0.0214. The number of unbranched alkanes of at least 4 members (excludes halogenated alkanes) is 61. The van der Waals surface area contributed by atoms with Crippen LogP contribution in [-0.2, 0) is 14.3 Å². The molecule has 0 bridgehead atoms. The van der Waals surface area contributed by atoms with Gasteiger partial charge < -0.3 is 20.3 Å². The van der Waals surface area contributed by atoms with Crippen LogP contribution in [0, 0.1) is 0 Å². The van der Waals surface area contributed by atoms with E-state index < -0.39 is 12.1 Å². The number of ether oxygens (including phenoxy) is 1. The van der Waals surface area contributed by atoms with Gasteiger partial charge in [0, 0.05) is 12.8 Å². The number of nitrogens with one attached hydrogen (secondary N) is 1. The van der Waals surface area contributed by atoms with Crippen molar-refractivity contribution in [2.24, 2.45) is 0 Å². The standard InChI is InChI=1S/C87H165NO5/c1-3-5-7-9-11-13-15-17-19-20-21-22-23-39-42-45-48-52-55-59-63-67-71-75-79-85(90)84(83-89)88-86(91)80-76-72-68-64-60-56-53-49-46-43-40-37-35-33-31-29-27-25-24-26-28-30-32-34-36-38-41-44-47-50-54-58-62-66-70-74-78-82-93-87(92)81-77-73-69-65-61-57-51-18-16-14-12-10-8-6-4-2/h12,14,18,24,26,30,32,51,84-85,89-90H,3-11,13,15-17,19-23,25,27-29,31,33-50,52-83H2,1-2H3,(H,88,91)/b14-12-,26-24-,32-30-,51-18-. The molecule has 0 spiro atoms. The van der Waals surface area contributed by atoms with Gasteiger partial charge in [-0.3, -0.25) is 9.59 Å². The SMILES string of the molecule is CCCCC/C=C\C/C=C\CCCCCCCC(=O)OCCCCCCCCCCCCCCC/C=C\C/C=C\CCCCCCCCCCCCCCCCCCCC(=O)NC(CO)C(O)CCCCCCCCCCCCCCCCCCCCCCCCCC. The van der Waals surface area contributed by atoms with Crippen molar-refractivity contribution in [3.05, 3.63) is 48.6 Å². The van der Waals surface area contributed by atoms with Gasteiger partial charge in [0.2, 0.25) is 5.91 Å². The second kappa shape index (κ2) is 82.2. The molecule has 0 saturated heterocycles. The van der Waals surface area contributed by atoms with E-state index in [1.165, 1.54) is 379 Å². The van der Waals surface area contributed by atoms with Gasteiger partial charge in [-0.2, -0.15) is 0 Å². The van der Waals surface area contributed by atoms with Crippen LogP contribution in [0.1, 0.15) is 470 Å². The number of allylic oxidation sites excluding steroid dienone is 8. The van der Waals surface area contributed by atoms with Crippen molar-refractivity contribution >= 4 is 11.9 Å². The molecular formula is C87H165NO5. The van der Waals surface area contributed by atoms with E-state index >= 15 is 0 Å². The lowest BCUT2D eigenvalue weighted by molar-refractivity contribution is -0.143. The Bertz CT molecular complexity index is 1550. The fraction of sp³-hybridized carbons (Fsp3) is 0.885. The molecular weight excluding hydrogens is 1140 g/mol. The third-order valence-corrected chi connectivity index (χ3v) is 19.9. The van der Waals surface area contributed by atoms with Crippen LogP contribution in [0.2, 0.25) is 0 Å². The number of hydrogen-bond donors (Lipinski definition) is 3. The summed E-state index contributed by atoms with van der Waals surface area (Å²) < 4.78 is 5.49. The molecule has 0 rings (SSSR count). The van der Waals surface area contributed by atoms with Crippen molar-refractivity contribution in [2.75, 3.05) is 13.2 Å². The fourth-order valence-electron chi connectivity index (χ4n) is 13.4. The second-order valence-corrected chi connectivity index (χ2v) is 29.2. The number of carbonyl (C=O) groups excluding carboxylic acids is 2. The molecule has 0 aliphatic rings. The van der Waals surface area contributed by atoms with Gasteiger partial charge in [0.1, 0.15) is 0 Å². The van der Waals surface area contributed by atoms with Crippen LogP contribution < -0.4 is 5.32 Å². The summed E-state index contributed by atoms with van der Waals surface area (Å²) >= 11 is 0. The zero-order chi connectivity index (χ0) is 67.0. The molecule has 2 unspecified atom stereocenters. The van der Waals surface area contributed by atoms with E-state index in [0.29, 0.717) is 25.9 Å². The second-order valence-electron chi connectivity index (χ2n) is 29.2. The first kappa shape index (κ1) is 90.8. The van der Waals surface area contributed by atoms with E-state index in [0.717, 1.165) is 57.8 Å². The molecule has 0 aromatic heterocycles. The number of esters is 1. The van der Waals surface area contributed by atoms with Crippen molar-refractivity contribution in [1.29, 1.82) is 0 Å². The van der Waals surface area contributed by atoms with E-state index in [1.807, 2.05) is 0 Å². The largest absolute Gasteiger partial charge is 0.466 e. The highest BCUT2D eigenvalue weighted by Crippen LogP contribution is 2.20. The Labute approximate surface area is 582 Å². The maximum atomic E-state index is 12.6. The number of carbonyl (C=O) groups is 2. The Kier molecular flexibility index (Phi) is 80.3. The maximum Gasteiger partial charge on any atom is 0.305 e. The average Bonchev–Trinajstić information content (AvgIpc) is 3.78. The van der Waals surface area contributed by atoms with Crippen molar-refractivity contribution in [1.82, 2.24) is 5.32 Å². The number of rotatable bonds is 80. The van der Waals surface area contributed by atoms with E-state index in [-0.39, 0.29) is 18.5 Å². The van der Waals surface area contributed by atoms with Crippen LogP contribution in [0.3, 0.4) is 0 Å². The van der Waals surface area contributed by atoms with E-state index in [1.54, 1.807) is 0 Å². The van der Waals surface area contributed by atoms with Gasteiger partial charge in [-0.25, -0.2) is 0 Å². The molecule has 0 aliphatic carbocycles. The average molecular weight is 1310 g/mol. The molecule has 0 aromatic rings. The predicted octanol–water partition coefficient (Wildman–Crippen LogP) is 28.3. The highest BCUT2D eigenvalue weighted by Gasteiger charge is 2.20. The Morgan fingerprint density at radius 3 is 0.839 bits per heavy atom. The van der Waals surface area contributed by atoms with Crippen LogP contribution in [0.15, 0.2) is 48.6 Å². The van der Waals surface area contributed by atoms with Crippen molar-refractivity contribution < 1.29 is 24.5 Å². The molecule has 6 heteroatoms. The molecule has 1 amide bonds. The molecule has 0 aromatic carbocycles. The van der Waals surface area contributed by atoms with E-state index in [4.69, 9.17) is 4.74 Å². The Morgan fingerprint density at radius 1 is 0.301 bits per heavy atom. The number of aliphatic hydroxyl groups is 2. The minimum Gasteiger partial charge on any atom is -0.466 e. The molecule has 3 N–H and O–H groups in total. The van der Waals surface area contributed by atoms with Gasteiger partial charge in [-0.15, -0.1) is 0 Å². The van der Waals surface area contributed by atoms with Gasteiger partial charge in [0.05, 0.1) is 25.4 Å². The molecule has 548 valence electrons. The summed E-state index contributed by atoms with van der Waals surface area (Å²) in [5.41, 5.74) is 0. The van der Waals surface area contributed by atoms with Crippen LogP contribution in [0.5, 0.6) is 0 Å². The minimum absolute atomic E-state index is 0.00527. The predicted molar refractivity (Wildman–Crippen MR) is 412 cm³/mol. The lowest BCUT2D eigenvalue weighted by Crippen LogP contribution is -2.45. The number of amides is 1. The molecule has 6 nitrogen and oxygen atoms in total. The summed E-state index contributed by atoms with van der Waals surface area (Å²) in [7, 11) is 0. The van der Waals surface area contributed by atoms with E-state index in [9.17, 15) is 19.8 Å². The Morgan fingerprint density at radius 2 is 0.538 bits per heavy atom. The highest BCUT2D eigenvalue weighted by atomic mass is 16.5. The number of aliphatic hydroxyl groups excluding tert-OH is 2. The normalized spacial score (nSPS) is 12.7. The zero-order valence-electron chi connectivity index (χ0n) is 63.0. The summed E-state index contributed by atoms with van der Waals surface area (Å²) in [6.07, 6.45) is 109. The van der Waals surface area contributed by atoms with Gasteiger partial charge in [0.15, 0.2) is 0 Å². The smallest absolute Gasteiger partial charge is 0.305 e. The van der Waals surface area contributed by atoms with Gasteiger partial charge >= 0.3 is 5.97 Å². The molecule has 93 heavy (non-hydrogen) atoms. The fourth-order valence-corrected chi connectivity index (χ4v) is 13.4. The van der Waals surface area contributed by atoms with E-state index in [2.05, 4.69) is 67.8 Å². The maximum absolute atomic E-state index is 12.6. The van der Waals surface area contributed by atoms with Crippen LogP contribution in [0.25, 0.3) is 0 Å². The lowest BCUT2D eigenvalue weighted by atomic mass is 10.0. The third-order valence-electron chi connectivity index (χ3n) is 19.9. The third kappa shape index (κ3) is 78.7. The Balaban J connectivity index is 3.37. The molecule has 0 aliphatic heterocycles. The first-order valence-corrected chi connectivity index (χ1v) is 42.4. The summed E-state index contributed by atoms with van der Waals surface area (Å²) in [6.45, 7) is 4.97. The van der Waals surface area contributed by atoms with Crippen molar-refractivity contribution in [3.8, 4) is 0 Å². The summed E-state index contributed by atoms with van der Waals surface area (Å²) in [6, 6.07) is -0.541. The summed E-state index contributed by atoms with van der Waals surface area (Å²) in [4.78, 5) is 24.7. The topological polar surface area (TPSA) is 95.9 Å². The van der Waals surface area contributed by atoms with Gasteiger partial charge in [-0.1, -0.05) is 416 Å². The molecule has 0 heterocycles. The lowest BCUT2D eigenvalue weighted by Gasteiger charge is -2.22. The van der Waals surface area contributed by atoms with Gasteiger partial charge in [0.25, 0.3) is 0 Å². The highest BCUT2D eigenvalue weighted by molar-refractivity contribution is 5.76. The number of hydrogen-bond acceptors (Lipinski definition) is 5. The van der Waals surface area contributed by atoms with Crippen LogP contribution in [-0.4, -0.2) is 47.4 Å². The zero-order valence-corrected chi connectivity index (χ0v) is 63.0. The van der Waals surface area contributed by atoms with Crippen LogP contribution in [0.4, 0.5) is 0 Å². The Hall–Kier alpha value is -2.18. The van der Waals surface area contributed by atoms with Crippen molar-refractivity contribution in [2.45, 2.75) is 482 Å². The van der Waals surface area contributed by atoms with Gasteiger partial charge in [-0.05, 0) is 89.9 Å². The van der Waals surface area contributed by atoms with Crippen LogP contribution >= 0.6 is 0 Å². The van der Waals surface area contributed by atoms with Crippen molar-refractivity contribution in [3.63, 3.8) is 0 Å². The first-order chi connectivity index (χ1) is 46.0. The molecule has 0 radical (unpaired) electrons. The molecule has 0 saturated carbocycles. The molecule has 0 fully saturated rings. The minimum atomic E-state index is -0.665.